The van der Waals surface area contributed by atoms with Crippen molar-refractivity contribution in [3.05, 3.63) is 28.2 Å². The maximum atomic E-state index is 4.31. The Balaban J connectivity index is 2.10. The second-order valence-corrected chi connectivity index (χ2v) is 4.31. The van der Waals surface area contributed by atoms with Crippen LogP contribution in [0.5, 0.6) is 0 Å². The smallest absolute Gasteiger partial charge is 0.202 e. The minimum absolute atomic E-state index is 0.843. The lowest BCUT2D eigenvalue weighted by atomic mass is 10.3. The molecule has 0 atom stereocenters. The van der Waals surface area contributed by atoms with E-state index < -0.39 is 0 Å². The summed E-state index contributed by atoms with van der Waals surface area (Å²) in [5, 5.41) is 5.93. The second-order valence-electron chi connectivity index (χ2n) is 2.52. The Kier molecular flexibility index (Phi) is 2.56. The Labute approximate surface area is 84.6 Å². The van der Waals surface area contributed by atoms with Crippen LogP contribution in [0.3, 0.4) is 0 Å². The van der Waals surface area contributed by atoms with E-state index in [1.165, 1.54) is 16.4 Å². The Morgan fingerprint density at radius 1 is 1.54 bits per heavy atom. The molecule has 0 saturated carbocycles. The van der Waals surface area contributed by atoms with Crippen LogP contribution < -0.4 is 5.32 Å². The van der Waals surface area contributed by atoms with Gasteiger partial charge in [0, 0.05) is 29.9 Å². The molecule has 68 valence electrons. The monoisotopic (exact) mass is 211 g/mol. The van der Waals surface area contributed by atoms with Gasteiger partial charge in [-0.05, 0) is 11.4 Å². The van der Waals surface area contributed by atoms with Gasteiger partial charge in [-0.1, -0.05) is 6.07 Å². The van der Waals surface area contributed by atoms with Crippen molar-refractivity contribution in [3.8, 4) is 0 Å². The van der Waals surface area contributed by atoms with Gasteiger partial charge in [-0.15, -0.1) is 11.3 Å². The molecule has 0 spiro atoms. The summed E-state index contributed by atoms with van der Waals surface area (Å²) in [5.74, 6) is 0.900. The van der Waals surface area contributed by atoms with Crippen LogP contribution in [-0.4, -0.2) is 16.4 Å². The fourth-order valence-electron chi connectivity index (χ4n) is 0.996. The predicted molar refractivity (Wildman–Crippen MR) is 56.6 cm³/mol. The molecule has 2 aromatic heterocycles. The second kappa shape index (κ2) is 3.85. The summed E-state index contributed by atoms with van der Waals surface area (Å²) in [4.78, 5) is 5.61. The van der Waals surface area contributed by atoms with E-state index >= 15 is 0 Å². The molecule has 0 unspecified atom stereocenters. The fourth-order valence-corrected chi connectivity index (χ4v) is 2.23. The average Bonchev–Trinajstić information content (AvgIpc) is 2.76. The molecule has 1 N–H and O–H groups in total. The van der Waals surface area contributed by atoms with Crippen molar-refractivity contribution in [1.82, 2.24) is 9.36 Å². The van der Waals surface area contributed by atoms with E-state index in [0.29, 0.717) is 0 Å². The minimum atomic E-state index is 0.843. The molecule has 2 aromatic rings. The molecular weight excluding hydrogens is 202 g/mol. The van der Waals surface area contributed by atoms with Gasteiger partial charge in [-0.2, -0.15) is 4.37 Å². The van der Waals surface area contributed by atoms with Crippen LogP contribution in [0.1, 0.15) is 10.7 Å². The van der Waals surface area contributed by atoms with E-state index in [2.05, 4.69) is 26.1 Å². The van der Waals surface area contributed by atoms with Crippen LogP contribution in [0.15, 0.2) is 17.5 Å². The summed E-state index contributed by atoms with van der Waals surface area (Å²) in [6.07, 6.45) is 0.843. The highest BCUT2D eigenvalue weighted by Gasteiger charge is 2.03. The lowest BCUT2D eigenvalue weighted by Gasteiger charge is -1.89. The predicted octanol–water partition coefficient (Wildman–Crippen LogP) is 2.23. The van der Waals surface area contributed by atoms with E-state index in [-0.39, 0.29) is 0 Å². The zero-order valence-corrected chi connectivity index (χ0v) is 8.78. The van der Waals surface area contributed by atoms with Crippen molar-refractivity contribution in [2.45, 2.75) is 6.42 Å². The van der Waals surface area contributed by atoms with Crippen LogP contribution in [0.4, 0.5) is 5.13 Å². The highest BCUT2D eigenvalue weighted by molar-refractivity contribution is 7.10. The molecule has 0 aliphatic rings. The standard InChI is InChI=1S/C8H9N3S2/c1-9-8-10-7(11-13-8)5-6-3-2-4-12-6/h2-4H,5H2,1H3,(H,9,10,11). The zero-order valence-electron chi connectivity index (χ0n) is 7.15. The molecule has 0 aromatic carbocycles. The Bertz CT molecular complexity index is 366. The summed E-state index contributed by atoms with van der Waals surface area (Å²) in [6.45, 7) is 0. The van der Waals surface area contributed by atoms with E-state index in [1.807, 2.05) is 13.1 Å². The van der Waals surface area contributed by atoms with Gasteiger partial charge in [0.15, 0.2) is 0 Å². The Hall–Kier alpha value is -0.940. The van der Waals surface area contributed by atoms with Crippen LogP contribution in [0, 0.1) is 0 Å². The van der Waals surface area contributed by atoms with Gasteiger partial charge >= 0.3 is 0 Å². The first kappa shape index (κ1) is 8.65. The van der Waals surface area contributed by atoms with Crippen molar-refractivity contribution < 1.29 is 0 Å². The molecule has 13 heavy (non-hydrogen) atoms. The lowest BCUT2D eigenvalue weighted by Crippen LogP contribution is -1.89. The number of hydrogen-bond donors (Lipinski definition) is 1. The van der Waals surface area contributed by atoms with Crippen molar-refractivity contribution in [1.29, 1.82) is 0 Å². The summed E-state index contributed by atoms with van der Waals surface area (Å²) in [5.41, 5.74) is 0. The highest BCUT2D eigenvalue weighted by Crippen LogP contribution is 2.16. The molecule has 0 fully saturated rings. The maximum absolute atomic E-state index is 4.31. The Morgan fingerprint density at radius 2 is 2.46 bits per heavy atom. The molecule has 0 saturated heterocycles. The van der Waals surface area contributed by atoms with E-state index in [1.54, 1.807) is 11.3 Å². The zero-order chi connectivity index (χ0) is 9.10. The molecule has 2 heterocycles. The molecule has 0 radical (unpaired) electrons. The van der Waals surface area contributed by atoms with Crippen molar-refractivity contribution in [2.24, 2.45) is 0 Å². The van der Waals surface area contributed by atoms with E-state index in [0.717, 1.165) is 17.4 Å². The first-order valence-electron chi connectivity index (χ1n) is 3.91. The number of hydrogen-bond acceptors (Lipinski definition) is 5. The molecule has 0 aliphatic heterocycles. The van der Waals surface area contributed by atoms with Crippen molar-refractivity contribution >= 4 is 28.0 Å². The summed E-state index contributed by atoms with van der Waals surface area (Å²) in [6, 6.07) is 4.15. The number of nitrogens with zero attached hydrogens (tertiary/aromatic N) is 2. The fraction of sp³-hybridized carbons (Fsp3) is 0.250. The highest BCUT2D eigenvalue weighted by atomic mass is 32.1. The topological polar surface area (TPSA) is 37.8 Å². The SMILES string of the molecule is CNc1nc(Cc2cccs2)ns1. The van der Waals surface area contributed by atoms with Crippen molar-refractivity contribution in [3.63, 3.8) is 0 Å². The number of thiophene rings is 1. The maximum Gasteiger partial charge on any atom is 0.202 e. The first-order chi connectivity index (χ1) is 6.38. The molecular formula is C8H9N3S2. The number of nitrogens with one attached hydrogen (secondary N) is 1. The Morgan fingerprint density at radius 3 is 3.08 bits per heavy atom. The quantitative estimate of drug-likeness (QED) is 0.846. The summed E-state index contributed by atoms with van der Waals surface area (Å²) >= 11 is 3.14. The third-order valence-electron chi connectivity index (χ3n) is 1.59. The van der Waals surface area contributed by atoms with Crippen LogP contribution in [0.2, 0.25) is 0 Å². The molecule has 0 amide bonds. The van der Waals surface area contributed by atoms with Gasteiger partial charge < -0.3 is 5.32 Å². The van der Waals surface area contributed by atoms with Gasteiger partial charge in [-0.3, -0.25) is 0 Å². The van der Waals surface area contributed by atoms with Crippen molar-refractivity contribution in [2.75, 3.05) is 12.4 Å². The number of rotatable bonds is 3. The van der Waals surface area contributed by atoms with Gasteiger partial charge in [0.1, 0.15) is 5.82 Å². The van der Waals surface area contributed by atoms with Crippen LogP contribution in [0.25, 0.3) is 0 Å². The number of anilines is 1. The van der Waals surface area contributed by atoms with E-state index in [9.17, 15) is 0 Å². The first-order valence-corrected chi connectivity index (χ1v) is 5.56. The van der Waals surface area contributed by atoms with Crippen LogP contribution >= 0.6 is 22.9 Å². The minimum Gasteiger partial charge on any atom is -0.363 e. The normalized spacial score (nSPS) is 10.2. The molecule has 0 bridgehead atoms. The summed E-state index contributed by atoms with van der Waals surface area (Å²) < 4.78 is 4.24. The molecule has 3 nitrogen and oxygen atoms in total. The third-order valence-corrected chi connectivity index (χ3v) is 3.24. The van der Waals surface area contributed by atoms with Crippen LogP contribution in [-0.2, 0) is 6.42 Å². The molecule has 5 heteroatoms. The third kappa shape index (κ3) is 2.05. The lowest BCUT2D eigenvalue weighted by molar-refractivity contribution is 1.06. The van der Waals surface area contributed by atoms with Gasteiger partial charge in [0.25, 0.3) is 0 Å². The number of aromatic nitrogens is 2. The van der Waals surface area contributed by atoms with Gasteiger partial charge in [0.05, 0.1) is 0 Å². The van der Waals surface area contributed by atoms with Gasteiger partial charge in [-0.25, -0.2) is 4.98 Å². The van der Waals surface area contributed by atoms with E-state index in [4.69, 9.17) is 0 Å². The molecule has 0 aliphatic carbocycles. The largest absolute Gasteiger partial charge is 0.363 e. The average molecular weight is 211 g/mol. The summed E-state index contributed by atoms with van der Waals surface area (Å²) in [7, 11) is 1.86. The molecule has 2 rings (SSSR count). The van der Waals surface area contributed by atoms with Gasteiger partial charge in [0.2, 0.25) is 5.13 Å².